The van der Waals surface area contributed by atoms with E-state index in [4.69, 9.17) is 4.98 Å². The van der Waals surface area contributed by atoms with Crippen molar-refractivity contribution in [2.24, 2.45) is 5.92 Å². The van der Waals surface area contributed by atoms with Crippen LogP contribution in [0.5, 0.6) is 0 Å². The Morgan fingerprint density at radius 3 is 2.91 bits per heavy atom. The number of hydrogen-bond acceptors (Lipinski definition) is 5. The number of anilines is 1. The Kier molecular flexibility index (Phi) is 4.29. The van der Waals surface area contributed by atoms with Gasteiger partial charge in [-0.15, -0.1) is 11.3 Å². The Morgan fingerprint density at radius 1 is 1.41 bits per heavy atom. The van der Waals surface area contributed by atoms with E-state index in [1.165, 1.54) is 4.88 Å². The van der Waals surface area contributed by atoms with Gasteiger partial charge in [-0.25, -0.2) is 9.97 Å². The van der Waals surface area contributed by atoms with Crippen molar-refractivity contribution < 1.29 is 9.90 Å². The van der Waals surface area contributed by atoms with Crippen LogP contribution in [0.4, 0.5) is 5.82 Å². The zero-order valence-electron chi connectivity index (χ0n) is 13.0. The number of carboxylic acid groups (broad SMARTS) is 1. The smallest absolute Gasteiger partial charge is 0.308 e. The molecule has 0 spiro atoms. The van der Waals surface area contributed by atoms with Crippen LogP contribution < -0.4 is 4.90 Å². The van der Waals surface area contributed by atoms with E-state index in [0.717, 1.165) is 54.1 Å². The molecule has 0 saturated carbocycles. The third-order valence-electron chi connectivity index (χ3n) is 4.20. The molecule has 1 aliphatic heterocycles. The zero-order valence-corrected chi connectivity index (χ0v) is 13.8. The van der Waals surface area contributed by atoms with Crippen LogP contribution in [0.15, 0.2) is 6.07 Å². The average molecular weight is 319 g/mol. The van der Waals surface area contributed by atoms with E-state index in [9.17, 15) is 9.90 Å². The molecule has 1 fully saturated rings. The fraction of sp³-hybridized carbons (Fsp3) is 0.562. The van der Waals surface area contributed by atoms with Gasteiger partial charge in [0, 0.05) is 24.4 Å². The number of nitrogens with zero attached hydrogens (tertiary/aromatic N) is 3. The number of hydrogen-bond donors (Lipinski definition) is 1. The van der Waals surface area contributed by atoms with Gasteiger partial charge in [-0.1, -0.05) is 13.8 Å². The molecule has 0 radical (unpaired) electrons. The molecule has 2 aromatic rings. The van der Waals surface area contributed by atoms with Crippen molar-refractivity contribution in [2.45, 2.75) is 39.5 Å². The highest BCUT2D eigenvalue weighted by Crippen LogP contribution is 2.33. The van der Waals surface area contributed by atoms with Crippen LogP contribution in [0.2, 0.25) is 0 Å². The van der Waals surface area contributed by atoms with Crippen LogP contribution in [0.25, 0.3) is 10.2 Å². The number of thiophene rings is 1. The van der Waals surface area contributed by atoms with Crippen LogP contribution in [-0.2, 0) is 17.6 Å². The molecule has 0 amide bonds. The Balaban J connectivity index is 2.04. The van der Waals surface area contributed by atoms with Gasteiger partial charge in [0.2, 0.25) is 0 Å². The standard InChI is InChI=1S/C16H21N3O2S/c1-3-11-8-12-14(17-13(4-2)18-15(12)22-11)19-7-5-6-10(9-19)16(20)21/h8,10H,3-7,9H2,1-2H3,(H,20,21)/t10-/m1/s1. The molecule has 1 atom stereocenters. The SMILES string of the molecule is CCc1nc(N2CCC[C@@H](C(=O)O)C2)c2cc(CC)sc2n1. The molecule has 1 N–H and O–H groups in total. The van der Waals surface area contributed by atoms with Crippen molar-refractivity contribution in [3.63, 3.8) is 0 Å². The number of aromatic nitrogens is 2. The third kappa shape index (κ3) is 2.79. The Morgan fingerprint density at radius 2 is 2.23 bits per heavy atom. The van der Waals surface area contributed by atoms with Crippen LogP contribution in [-0.4, -0.2) is 34.1 Å². The molecule has 1 aliphatic rings. The third-order valence-corrected chi connectivity index (χ3v) is 5.38. The molecule has 3 rings (SSSR count). The molecule has 1 saturated heterocycles. The first-order chi connectivity index (χ1) is 10.6. The van der Waals surface area contributed by atoms with E-state index >= 15 is 0 Å². The van der Waals surface area contributed by atoms with Gasteiger partial charge < -0.3 is 10.0 Å². The van der Waals surface area contributed by atoms with Gasteiger partial charge in [-0.3, -0.25) is 4.79 Å². The molecule has 0 bridgehead atoms. The summed E-state index contributed by atoms with van der Waals surface area (Å²) >= 11 is 1.72. The number of rotatable bonds is 4. The second kappa shape index (κ2) is 6.20. The van der Waals surface area contributed by atoms with Gasteiger partial charge in [-0.2, -0.15) is 0 Å². The molecule has 0 aliphatic carbocycles. The van der Waals surface area contributed by atoms with Gasteiger partial charge >= 0.3 is 5.97 Å². The molecular formula is C16H21N3O2S. The second-order valence-corrected chi connectivity index (χ2v) is 6.84. The summed E-state index contributed by atoms with van der Waals surface area (Å²) in [5.74, 6) is 0.756. The number of carboxylic acids is 1. The normalized spacial score (nSPS) is 18.8. The first-order valence-corrected chi connectivity index (χ1v) is 8.71. The number of aryl methyl sites for hydroxylation is 2. The van der Waals surface area contributed by atoms with E-state index in [2.05, 4.69) is 29.8 Å². The quantitative estimate of drug-likeness (QED) is 0.938. The van der Waals surface area contributed by atoms with Crippen LogP contribution >= 0.6 is 11.3 Å². The minimum absolute atomic E-state index is 0.298. The van der Waals surface area contributed by atoms with Crippen molar-refractivity contribution >= 4 is 33.3 Å². The van der Waals surface area contributed by atoms with Crippen molar-refractivity contribution in [1.82, 2.24) is 9.97 Å². The van der Waals surface area contributed by atoms with Crippen molar-refractivity contribution in [2.75, 3.05) is 18.0 Å². The molecule has 2 aromatic heterocycles. The lowest BCUT2D eigenvalue weighted by Gasteiger charge is -2.32. The van der Waals surface area contributed by atoms with E-state index in [-0.39, 0.29) is 5.92 Å². The van der Waals surface area contributed by atoms with Crippen molar-refractivity contribution in [3.05, 3.63) is 16.8 Å². The van der Waals surface area contributed by atoms with E-state index in [0.29, 0.717) is 6.54 Å². The number of aliphatic carboxylic acids is 1. The minimum Gasteiger partial charge on any atom is -0.481 e. The molecule has 118 valence electrons. The van der Waals surface area contributed by atoms with Crippen LogP contribution in [0.3, 0.4) is 0 Å². The average Bonchev–Trinajstić information content (AvgIpc) is 2.97. The molecule has 5 nitrogen and oxygen atoms in total. The van der Waals surface area contributed by atoms with Gasteiger partial charge in [0.25, 0.3) is 0 Å². The fourth-order valence-corrected chi connectivity index (χ4v) is 3.92. The summed E-state index contributed by atoms with van der Waals surface area (Å²) in [6.07, 6.45) is 3.43. The fourth-order valence-electron chi connectivity index (χ4n) is 2.94. The number of fused-ring (bicyclic) bond motifs is 1. The Labute approximate surface area is 134 Å². The van der Waals surface area contributed by atoms with Crippen molar-refractivity contribution in [1.29, 1.82) is 0 Å². The Bertz CT molecular complexity index is 698. The summed E-state index contributed by atoms with van der Waals surface area (Å²) in [5, 5.41) is 10.4. The summed E-state index contributed by atoms with van der Waals surface area (Å²) in [7, 11) is 0. The summed E-state index contributed by atoms with van der Waals surface area (Å²) in [4.78, 5) is 25.1. The maximum atomic E-state index is 11.3. The lowest BCUT2D eigenvalue weighted by atomic mass is 9.98. The van der Waals surface area contributed by atoms with E-state index in [1.807, 2.05) is 0 Å². The predicted molar refractivity (Wildman–Crippen MR) is 88.7 cm³/mol. The van der Waals surface area contributed by atoms with Gasteiger partial charge in [0.1, 0.15) is 16.5 Å². The maximum Gasteiger partial charge on any atom is 0.308 e. The molecule has 22 heavy (non-hydrogen) atoms. The highest BCUT2D eigenvalue weighted by atomic mass is 32.1. The van der Waals surface area contributed by atoms with Gasteiger partial charge in [-0.05, 0) is 25.3 Å². The minimum atomic E-state index is -0.703. The largest absolute Gasteiger partial charge is 0.481 e. The first kappa shape index (κ1) is 15.2. The number of piperidine rings is 1. The van der Waals surface area contributed by atoms with Crippen LogP contribution in [0.1, 0.15) is 37.4 Å². The predicted octanol–water partition coefficient (Wildman–Crippen LogP) is 3.12. The Hall–Kier alpha value is -1.69. The zero-order chi connectivity index (χ0) is 15.7. The highest BCUT2D eigenvalue weighted by Gasteiger charge is 2.27. The molecule has 6 heteroatoms. The molecule has 0 aromatic carbocycles. The van der Waals surface area contributed by atoms with E-state index < -0.39 is 5.97 Å². The van der Waals surface area contributed by atoms with Crippen molar-refractivity contribution in [3.8, 4) is 0 Å². The summed E-state index contributed by atoms with van der Waals surface area (Å²) in [5.41, 5.74) is 0. The lowest BCUT2D eigenvalue weighted by Crippen LogP contribution is -2.39. The van der Waals surface area contributed by atoms with Crippen LogP contribution in [0, 0.1) is 5.92 Å². The summed E-state index contributed by atoms with van der Waals surface area (Å²) < 4.78 is 0. The van der Waals surface area contributed by atoms with Gasteiger partial charge in [0.15, 0.2) is 0 Å². The topological polar surface area (TPSA) is 66.3 Å². The first-order valence-electron chi connectivity index (χ1n) is 7.89. The second-order valence-electron chi connectivity index (χ2n) is 5.73. The number of carbonyl (C=O) groups is 1. The maximum absolute atomic E-state index is 11.3. The summed E-state index contributed by atoms with van der Waals surface area (Å²) in [6, 6.07) is 2.17. The molecular weight excluding hydrogens is 298 g/mol. The molecule has 3 heterocycles. The van der Waals surface area contributed by atoms with Gasteiger partial charge in [0.05, 0.1) is 11.3 Å². The summed E-state index contributed by atoms with van der Waals surface area (Å²) in [6.45, 7) is 5.60. The molecule has 0 unspecified atom stereocenters. The highest BCUT2D eigenvalue weighted by molar-refractivity contribution is 7.18. The van der Waals surface area contributed by atoms with E-state index in [1.54, 1.807) is 11.3 Å². The monoisotopic (exact) mass is 319 g/mol. The lowest BCUT2D eigenvalue weighted by molar-refractivity contribution is -0.141.